The van der Waals surface area contributed by atoms with Gasteiger partial charge in [0.15, 0.2) is 0 Å². The van der Waals surface area contributed by atoms with E-state index in [0.717, 1.165) is 19.3 Å². The highest BCUT2D eigenvalue weighted by atomic mass is 16.5. The molecular weight excluding hydrogens is 154 g/mol. The van der Waals surface area contributed by atoms with Crippen molar-refractivity contribution < 1.29 is 9.53 Å². The lowest BCUT2D eigenvalue weighted by Crippen LogP contribution is -2.30. The molecule has 0 saturated carbocycles. The maximum Gasteiger partial charge on any atom is 0.305 e. The fourth-order valence-corrected chi connectivity index (χ4v) is 1.52. The summed E-state index contributed by atoms with van der Waals surface area (Å²) in [7, 11) is 4.13. The topological polar surface area (TPSA) is 29.5 Å². The standard InChI is InChI=1S/C9H17NO2/c1-10(2)8-4-3-7-12-9(11)6-5-8/h8H,3-7H2,1-2H3. The van der Waals surface area contributed by atoms with Crippen LogP contribution in [0.1, 0.15) is 25.7 Å². The Hall–Kier alpha value is -0.570. The van der Waals surface area contributed by atoms with E-state index in [1.54, 1.807) is 0 Å². The Labute approximate surface area is 73.7 Å². The van der Waals surface area contributed by atoms with Crippen molar-refractivity contribution in [2.75, 3.05) is 20.7 Å². The van der Waals surface area contributed by atoms with Crippen LogP contribution in [0.25, 0.3) is 0 Å². The molecule has 0 aromatic rings. The summed E-state index contributed by atoms with van der Waals surface area (Å²) in [4.78, 5) is 13.2. The van der Waals surface area contributed by atoms with Crippen molar-refractivity contribution in [3.05, 3.63) is 0 Å². The zero-order valence-corrected chi connectivity index (χ0v) is 7.88. The molecule has 0 amide bonds. The highest BCUT2D eigenvalue weighted by Gasteiger charge is 2.16. The van der Waals surface area contributed by atoms with Gasteiger partial charge in [-0.3, -0.25) is 4.79 Å². The number of ether oxygens (including phenoxy) is 1. The molecule has 0 spiro atoms. The van der Waals surface area contributed by atoms with Crippen LogP contribution in [0.2, 0.25) is 0 Å². The molecule has 1 rings (SSSR count). The van der Waals surface area contributed by atoms with E-state index in [9.17, 15) is 4.79 Å². The van der Waals surface area contributed by atoms with Gasteiger partial charge in [-0.05, 0) is 33.4 Å². The first-order valence-electron chi connectivity index (χ1n) is 4.52. The second-order valence-electron chi connectivity index (χ2n) is 3.52. The molecule has 12 heavy (non-hydrogen) atoms. The molecule has 1 aliphatic heterocycles. The van der Waals surface area contributed by atoms with E-state index in [-0.39, 0.29) is 5.97 Å². The summed E-state index contributed by atoms with van der Waals surface area (Å²) >= 11 is 0. The summed E-state index contributed by atoms with van der Waals surface area (Å²) in [6, 6.07) is 0.554. The van der Waals surface area contributed by atoms with Gasteiger partial charge >= 0.3 is 5.97 Å². The van der Waals surface area contributed by atoms with Gasteiger partial charge in [0.1, 0.15) is 0 Å². The molecule has 3 heteroatoms. The molecular formula is C9H17NO2. The van der Waals surface area contributed by atoms with E-state index in [4.69, 9.17) is 4.74 Å². The van der Waals surface area contributed by atoms with Crippen LogP contribution in [0.15, 0.2) is 0 Å². The van der Waals surface area contributed by atoms with Gasteiger partial charge in [-0.25, -0.2) is 0 Å². The number of esters is 1. The fraction of sp³-hybridized carbons (Fsp3) is 0.889. The van der Waals surface area contributed by atoms with E-state index in [1.807, 2.05) is 0 Å². The molecule has 1 heterocycles. The summed E-state index contributed by atoms with van der Waals surface area (Å²) in [5.74, 6) is -0.0402. The number of rotatable bonds is 1. The van der Waals surface area contributed by atoms with Gasteiger partial charge in [-0.2, -0.15) is 0 Å². The zero-order chi connectivity index (χ0) is 8.97. The zero-order valence-electron chi connectivity index (χ0n) is 7.88. The molecule has 0 aromatic carbocycles. The van der Waals surface area contributed by atoms with Crippen molar-refractivity contribution in [2.45, 2.75) is 31.7 Å². The largest absolute Gasteiger partial charge is 0.466 e. The Balaban J connectivity index is 2.39. The molecule has 0 aliphatic carbocycles. The molecule has 0 bridgehead atoms. The summed E-state index contributed by atoms with van der Waals surface area (Å²) in [5, 5.41) is 0. The summed E-state index contributed by atoms with van der Waals surface area (Å²) < 4.78 is 4.95. The van der Waals surface area contributed by atoms with Crippen LogP contribution < -0.4 is 0 Å². The first-order chi connectivity index (χ1) is 5.70. The van der Waals surface area contributed by atoms with Crippen molar-refractivity contribution in [2.24, 2.45) is 0 Å². The first kappa shape index (κ1) is 9.52. The van der Waals surface area contributed by atoms with Crippen molar-refractivity contribution in [3.8, 4) is 0 Å². The third kappa shape index (κ3) is 2.81. The number of hydrogen-bond acceptors (Lipinski definition) is 3. The monoisotopic (exact) mass is 171 g/mol. The maximum atomic E-state index is 11.0. The van der Waals surface area contributed by atoms with Crippen molar-refractivity contribution in [3.63, 3.8) is 0 Å². The normalized spacial score (nSPS) is 26.2. The lowest BCUT2D eigenvalue weighted by atomic mass is 10.0. The van der Waals surface area contributed by atoms with Crippen LogP contribution >= 0.6 is 0 Å². The Kier molecular flexibility index (Phi) is 3.53. The van der Waals surface area contributed by atoms with Crippen LogP contribution in [-0.4, -0.2) is 37.6 Å². The average molecular weight is 171 g/mol. The first-order valence-corrected chi connectivity index (χ1v) is 4.52. The van der Waals surface area contributed by atoms with Crippen LogP contribution in [-0.2, 0) is 9.53 Å². The molecule has 1 saturated heterocycles. The maximum absolute atomic E-state index is 11.0. The lowest BCUT2D eigenvalue weighted by Gasteiger charge is -2.25. The number of cyclic esters (lactones) is 1. The third-order valence-corrected chi connectivity index (χ3v) is 2.36. The SMILES string of the molecule is CN(C)C1CCCOC(=O)CC1. The second kappa shape index (κ2) is 4.45. The fourth-order valence-electron chi connectivity index (χ4n) is 1.52. The quantitative estimate of drug-likeness (QED) is 0.552. The molecule has 1 fully saturated rings. The Morgan fingerprint density at radius 3 is 2.83 bits per heavy atom. The number of carbonyl (C=O) groups is 1. The Morgan fingerprint density at radius 2 is 2.17 bits per heavy atom. The molecule has 3 nitrogen and oxygen atoms in total. The van der Waals surface area contributed by atoms with Crippen LogP contribution in [0.5, 0.6) is 0 Å². The average Bonchev–Trinajstić information content (AvgIpc) is 1.97. The number of carbonyl (C=O) groups excluding carboxylic acids is 1. The van der Waals surface area contributed by atoms with Crippen molar-refractivity contribution in [1.29, 1.82) is 0 Å². The molecule has 1 aliphatic rings. The molecule has 1 unspecified atom stereocenters. The van der Waals surface area contributed by atoms with Crippen molar-refractivity contribution >= 4 is 5.97 Å². The highest BCUT2D eigenvalue weighted by Crippen LogP contribution is 2.13. The number of hydrogen-bond donors (Lipinski definition) is 0. The van der Waals surface area contributed by atoms with Crippen LogP contribution in [0.3, 0.4) is 0 Å². The van der Waals surface area contributed by atoms with Gasteiger partial charge in [-0.1, -0.05) is 0 Å². The molecule has 0 radical (unpaired) electrons. The molecule has 1 atom stereocenters. The van der Waals surface area contributed by atoms with Gasteiger partial charge in [0.05, 0.1) is 6.61 Å². The minimum absolute atomic E-state index is 0.0402. The van der Waals surface area contributed by atoms with E-state index in [0.29, 0.717) is 19.1 Å². The smallest absolute Gasteiger partial charge is 0.305 e. The predicted molar refractivity (Wildman–Crippen MR) is 46.9 cm³/mol. The summed E-state index contributed by atoms with van der Waals surface area (Å²) in [6.45, 7) is 0.600. The Morgan fingerprint density at radius 1 is 1.42 bits per heavy atom. The summed E-state index contributed by atoms with van der Waals surface area (Å²) in [5.41, 5.74) is 0. The van der Waals surface area contributed by atoms with Crippen molar-refractivity contribution in [1.82, 2.24) is 4.90 Å². The lowest BCUT2D eigenvalue weighted by molar-refractivity contribution is -0.145. The van der Waals surface area contributed by atoms with Gasteiger partial charge in [0.25, 0.3) is 0 Å². The third-order valence-electron chi connectivity index (χ3n) is 2.36. The molecule has 0 N–H and O–H groups in total. The minimum Gasteiger partial charge on any atom is -0.466 e. The van der Waals surface area contributed by atoms with Gasteiger partial charge in [0.2, 0.25) is 0 Å². The predicted octanol–water partition coefficient (Wildman–Crippen LogP) is 1.03. The van der Waals surface area contributed by atoms with Crippen LogP contribution in [0, 0.1) is 0 Å². The van der Waals surface area contributed by atoms with E-state index in [2.05, 4.69) is 19.0 Å². The molecule has 0 aromatic heterocycles. The number of nitrogens with zero attached hydrogens (tertiary/aromatic N) is 1. The van der Waals surface area contributed by atoms with E-state index < -0.39 is 0 Å². The molecule has 70 valence electrons. The minimum atomic E-state index is -0.0402. The van der Waals surface area contributed by atoms with Crippen LogP contribution in [0.4, 0.5) is 0 Å². The summed E-state index contributed by atoms with van der Waals surface area (Å²) in [6.07, 6.45) is 3.64. The Bertz CT molecular complexity index is 157. The van der Waals surface area contributed by atoms with Gasteiger partial charge in [-0.15, -0.1) is 0 Å². The second-order valence-corrected chi connectivity index (χ2v) is 3.52. The highest BCUT2D eigenvalue weighted by molar-refractivity contribution is 5.69. The van der Waals surface area contributed by atoms with E-state index >= 15 is 0 Å². The van der Waals surface area contributed by atoms with E-state index in [1.165, 1.54) is 0 Å². The van der Waals surface area contributed by atoms with Gasteiger partial charge in [0, 0.05) is 12.5 Å². The van der Waals surface area contributed by atoms with Gasteiger partial charge < -0.3 is 9.64 Å².